The molecular weight excluding hydrogens is 420 g/mol. The highest BCUT2D eigenvalue weighted by molar-refractivity contribution is 14.1. The fourth-order valence-electron chi connectivity index (χ4n) is 1.93. The summed E-state index contributed by atoms with van der Waals surface area (Å²) < 4.78 is 46.1. The summed E-state index contributed by atoms with van der Waals surface area (Å²) in [5.74, 6) is 0.259. The molecule has 0 saturated carbocycles. The summed E-state index contributed by atoms with van der Waals surface area (Å²) in [6, 6.07) is 9.89. The molecule has 4 nitrogen and oxygen atoms in total. The van der Waals surface area contributed by atoms with Crippen LogP contribution in [0, 0.1) is 9.39 Å². The maximum atomic E-state index is 12.9. The van der Waals surface area contributed by atoms with Crippen LogP contribution in [0.4, 0.5) is 4.39 Å². The molecular formula is C15H15FINO3S. The van der Waals surface area contributed by atoms with Gasteiger partial charge in [-0.3, -0.25) is 0 Å². The summed E-state index contributed by atoms with van der Waals surface area (Å²) in [6.45, 7) is 1.71. The van der Waals surface area contributed by atoms with Crippen molar-refractivity contribution < 1.29 is 17.5 Å². The van der Waals surface area contributed by atoms with Gasteiger partial charge in [-0.05, 0) is 65.4 Å². The van der Waals surface area contributed by atoms with Gasteiger partial charge in [-0.15, -0.1) is 0 Å². The van der Waals surface area contributed by atoms with Crippen LogP contribution in [0.2, 0.25) is 0 Å². The SMILES string of the molecule is COc1ccc(S(=O)(=O)N[C@H](C)c2ccc(F)cc2)cc1I. The molecule has 0 fully saturated rings. The van der Waals surface area contributed by atoms with Gasteiger partial charge in [-0.25, -0.2) is 17.5 Å². The van der Waals surface area contributed by atoms with Crippen LogP contribution in [-0.4, -0.2) is 15.5 Å². The number of halogens is 2. The van der Waals surface area contributed by atoms with Gasteiger partial charge in [-0.1, -0.05) is 12.1 Å². The van der Waals surface area contributed by atoms with E-state index >= 15 is 0 Å². The normalized spacial score (nSPS) is 12.9. The van der Waals surface area contributed by atoms with Crippen molar-refractivity contribution in [3.05, 3.63) is 57.4 Å². The molecule has 0 aliphatic heterocycles. The van der Waals surface area contributed by atoms with E-state index in [0.717, 1.165) is 0 Å². The van der Waals surface area contributed by atoms with E-state index in [2.05, 4.69) is 4.72 Å². The number of hydrogen-bond donors (Lipinski definition) is 1. The first-order chi connectivity index (χ1) is 10.3. The average molecular weight is 435 g/mol. The van der Waals surface area contributed by atoms with Crippen LogP contribution < -0.4 is 9.46 Å². The first-order valence-corrected chi connectivity index (χ1v) is 9.01. The van der Waals surface area contributed by atoms with Gasteiger partial charge in [0.2, 0.25) is 10.0 Å². The van der Waals surface area contributed by atoms with Gasteiger partial charge in [-0.2, -0.15) is 0 Å². The molecule has 2 aromatic carbocycles. The molecule has 0 bridgehead atoms. The summed E-state index contributed by atoms with van der Waals surface area (Å²) in [5.41, 5.74) is 0.688. The summed E-state index contributed by atoms with van der Waals surface area (Å²) >= 11 is 2.02. The molecule has 7 heteroatoms. The molecule has 0 spiro atoms. The van der Waals surface area contributed by atoms with Crippen LogP contribution in [0.3, 0.4) is 0 Å². The van der Waals surface area contributed by atoms with Gasteiger partial charge in [0, 0.05) is 6.04 Å². The topological polar surface area (TPSA) is 55.4 Å². The zero-order valence-corrected chi connectivity index (χ0v) is 15.0. The highest BCUT2D eigenvalue weighted by atomic mass is 127. The Morgan fingerprint density at radius 1 is 1.18 bits per heavy atom. The molecule has 0 aromatic heterocycles. The second kappa shape index (κ2) is 6.93. The van der Waals surface area contributed by atoms with Crippen molar-refractivity contribution in [2.75, 3.05) is 7.11 Å². The predicted octanol–water partition coefficient (Wildman–Crippen LogP) is 3.48. The standard InChI is InChI=1S/C15H15FINO3S/c1-10(11-3-5-12(16)6-4-11)18-22(19,20)13-7-8-15(21-2)14(17)9-13/h3-10,18H,1-2H3/t10-/m1/s1. The third kappa shape index (κ3) is 3.96. The van der Waals surface area contributed by atoms with E-state index in [-0.39, 0.29) is 10.7 Å². The maximum Gasteiger partial charge on any atom is 0.241 e. The number of benzene rings is 2. The first kappa shape index (κ1) is 17.2. The monoisotopic (exact) mass is 435 g/mol. The smallest absolute Gasteiger partial charge is 0.241 e. The Balaban J connectivity index is 2.23. The van der Waals surface area contributed by atoms with Gasteiger partial charge < -0.3 is 4.74 Å². The molecule has 1 atom stereocenters. The minimum atomic E-state index is -3.67. The van der Waals surface area contributed by atoms with Crippen LogP contribution in [0.15, 0.2) is 47.4 Å². The second-order valence-corrected chi connectivity index (χ2v) is 7.57. The van der Waals surface area contributed by atoms with Crippen molar-refractivity contribution in [2.24, 2.45) is 0 Å². The Hall–Kier alpha value is -1.19. The molecule has 1 N–H and O–H groups in total. The third-order valence-corrected chi connectivity index (χ3v) is 5.52. The fourth-order valence-corrected chi connectivity index (χ4v) is 4.14. The molecule has 0 amide bonds. The molecule has 2 aromatic rings. The lowest BCUT2D eigenvalue weighted by Gasteiger charge is -2.15. The van der Waals surface area contributed by atoms with Gasteiger partial charge in [0.25, 0.3) is 0 Å². The van der Waals surface area contributed by atoms with E-state index in [9.17, 15) is 12.8 Å². The summed E-state index contributed by atoms with van der Waals surface area (Å²) in [6.07, 6.45) is 0. The first-order valence-electron chi connectivity index (χ1n) is 6.45. The molecule has 22 heavy (non-hydrogen) atoms. The van der Waals surface area contributed by atoms with Crippen LogP contribution in [0.25, 0.3) is 0 Å². The lowest BCUT2D eigenvalue weighted by atomic mass is 10.1. The highest BCUT2D eigenvalue weighted by Crippen LogP contribution is 2.25. The highest BCUT2D eigenvalue weighted by Gasteiger charge is 2.19. The van der Waals surface area contributed by atoms with Crippen LogP contribution >= 0.6 is 22.6 Å². The Labute approximate surface area is 142 Å². The van der Waals surface area contributed by atoms with Crippen molar-refractivity contribution in [1.82, 2.24) is 4.72 Å². The molecule has 0 heterocycles. The van der Waals surface area contributed by atoms with Gasteiger partial charge in [0.05, 0.1) is 15.6 Å². The summed E-state index contributed by atoms with van der Waals surface area (Å²) in [4.78, 5) is 0.159. The lowest BCUT2D eigenvalue weighted by Crippen LogP contribution is -2.27. The summed E-state index contributed by atoms with van der Waals surface area (Å²) in [5, 5.41) is 0. The van der Waals surface area contributed by atoms with Crippen molar-refractivity contribution >= 4 is 32.6 Å². The minimum absolute atomic E-state index is 0.159. The number of sulfonamides is 1. The Bertz CT molecular complexity index is 763. The minimum Gasteiger partial charge on any atom is -0.496 e. The third-order valence-electron chi connectivity index (χ3n) is 3.14. The number of rotatable bonds is 5. The van der Waals surface area contributed by atoms with Crippen molar-refractivity contribution in [3.8, 4) is 5.75 Å². The lowest BCUT2D eigenvalue weighted by molar-refractivity contribution is 0.411. The molecule has 0 radical (unpaired) electrons. The van der Waals surface area contributed by atoms with Crippen LogP contribution in [-0.2, 0) is 10.0 Å². The van der Waals surface area contributed by atoms with E-state index in [1.165, 1.54) is 25.3 Å². The second-order valence-electron chi connectivity index (χ2n) is 4.69. The Kier molecular flexibility index (Phi) is 5.41. The van der Waals surface area contributed by atoms with Crippen LogP contribution in [0.1, 0.15) is 18.5 Å². The van der Waals surface area contributed by atoms with Crippen molar-refractivity contribution in [3.63, 3.8) is 0 Å². The van der Waals surface area contributed by atoms with E-state index < -0.39 is 16.1 Å². The Morgan fingerprint density at radius 2 is 1.82 bits per heavy atom. The molecule has 2 rings (SSSR count). The fraction of sp³-hybridized carbons (Fsp3) is 0.200. The van der Waals surface area contributed by atoms with E-state index in [1.54, 1.807) is 31.2 Å². The largest absolute Gasteiger partial charge is 0.496 e. The Morgan fingerprint density at radius 3 is 2.36 bits per heavy atom. The molecule has 0 unspecified atom stereocenters. The number of hydrogen-bond acceptors (Lipinski definition) is 3. The van der Waals surface area contributed by atoms with Gasteiger partial charge >= 0.3 is 0 Å². The quantitative estimate of drug-likeness (QED) is 0.732. The van der Waals surface area contributed by atoms with Gasteiger partial charge in [0.15, 0.2) is 0 Å². The average Bonchev–Trinajstić information content (AvgIpc) is 2.47. The van der Waals surface area contributed by atoms with E-state index in [4.69, 9.17) is 4.74 Å². The molecule has 118 valence electrons. The number of methoxy groups -OCH3 is 1. The maximum absolute atomic E-state index is 12.9. The zero-order chi connectivity index (χ0) is 16.3. The summed E-state index contributed by atoms with van der Waals surface area (Å²) in [7, 11) is -2.14. The number of nitrogens with one attached hydrogen (secondary N) is 1. The number of ether oxygens (including phenoxy) is 1. The molecule has 0 saturated heterocycles. The molecule has 0 aliphatic rings. The van der Waals surface area contributed by atoms with E-state index in [1.807, 2.05) is 22.6 Å². The van der Waals surface area contributed by atoms with Gasteiger partial charge in [0.1, 0.15) is 11.6 Å². The van der Waals surface area contributed by atoms with E-state index in [0.29, 0.717) is 14.9 Å². The molecule has 0 aliphatic carbocycles. The van der Waals surface area contributed by atoms with Crippen molar-refractivity contribution in [2.45, 2.75) is 17.9 Å². The van der Waals surface area contributed by atoms with Crippen molar-refractivity contribution in [1.29, 1.82) is 0 Å². The predicted molar refractivity (Wildman–Crippen MR) is 90.8 cm³/mol. The zero-order valence-electron chi connectivity index (χ0n) is 12.0. The van der Waals surface area contributed by atoms with Crippen LogP contribution in [0.5, 0.6) is 5.75 Å².